The van der Waals surface area contributed by atoms with Crippen LogP contribution >= 0.6 is 0 Å². The summed E-state index contributed by atoms with van der Waals surface area (Å²) in [5.41, 5.74) is 0. The van der Waals surface area contributed by atoms with Crippen LogP contribution in [0.25, 0.3) is 0 Å². The van der Waals surface area contributed by atoms with Crippen LogP contribution in [0.4, 0.5) is 0 Å². The minimum atomic E-state index is 0.117. The molecule has 0 aromatic carbocycles. The Balaban J connectivity index is 2.18. The number of unbranched alkanes of at least 4 members (excludes halogenated alkanes) is 3. The predicted molar refractivity (Wildman–Crippen MR) is 85.9 cm³/mol. The van der Waals surface area contributed by atoms with E-state index in [-0.39, 0.29) is 23.7 Å². The Labute approximate surface area is 129 Å². The lowest BCUT2D eigenvalue weighted by atomic mass is 9.81. The lowest BCUT2D eigenvalue weighted by Crippen LogP contribution is -2.38. The highest BCUT2D eigenvalue weighted by molar-refractivity contribution is 5.81. The van der Waals surface area contributed by atoms with Gasteiger partial charge in [-0.15, -0.1) is 0 Å². The van der Waals surface area contributed by atoms with Crippen molar-refractivity contribution in [1.82, 2.24) is 10.6 Å². The first-order valence-corrected chi connectivity index (χ1v) is 8.74. The molecule has 4 nitrogen and oxygen atoms in total. The van der Waals surface area contributed by atoms with Gasteiger partial charge in [0.2, 0.25) is 11.8 Å². The van der Waals surface area contributed by atoms with Gasteiger partial charge in [-0.1, -0.05) is 33.1 Å². The SMILES string of the molecule is CCCCCNC(=O)C1CCC(C(=O)NCCCC)CC1. The fourth-order valence-corrected chi connectivity index (χ4v) is 2.88. The average molecular weight is 296 g/mol. The van der Waals surface area contributed by atoms with Gasteiger partial charge in [-0.2, -0.15) is 0 Å². The molecule has 1 rings (SSSR count). The van der Waals surface area contributed by atoms with E-state index in [1.807, 2.05) is 0 Å². The van der Waals surface area contributed by atoms with Crippen LogP contribution in [0.2, 0.25) is 0 Å². The molecule has 0 unspecified atom stereocenters. The molecule has 21 heavy (non-hydrogen) atoms. The van der Waals surface area contributed by atoms with Crippen LogP contribution in [0.3, 0.4) is 0 Å². The summed E-state index contributed by atoms with van der Waals surface area (Å²) in [5, 5.41) is 6.04. The monoisotopic (exact) mass is 296 g/mol. The maximum atomic E-state index is 12.0. The van der Waals surface area contributed by atoms with Crippen LogP contribution in [0.1, 0.15) is 71.6 Å². The summed E-state index contributed by atoms with van der Waals surface area (Å²) >= 11 is 0. The summed E-state index contributed by atoms with van der Waals surface area (Å²) in [7, 11) is 0. The van der Waals surface area contributed by atoms with Crippen molar-refractivity contribution in [2.75, 3.05) is 13.1 Å². The lowest BCUT2D eigenvalue weighted by molar-refractivity contribution is -0.130. The van der Waals surface area contributed by atoms with Gasteiger partial charge in [-0.25, -0.2) is 0 Å². The molecule has 0 aromatic rings. The molecule has 0 aliphatic heterocycles. The largest absolute Gasteiger partial charge is 0.356 e. The van der Waals surface area contributed by atoms with E-state index in [0.29, 0.717) is 0 Å². The third-order valence-electron chi connectivity index (χ3n) is 4.38. The zero-order chi connectivity index (χ0) is 15.5. The van der Waals surface area contributed by atoms with Gasteiger partial charge >= 0.3 is 0 Å². The number of hydrogen-bond acceptors (Lipinski definition) is 2. The normalized spacial score (nSPS) is 21.8. The Morgan fingerprint density at radius 1 is 0.762 bits per heavy atom. The minimum Gasteiger partial charge on any atom is -0.356 e. The van der Waals surface area contributed by atoms with E-state index in [2.05, 4.69) is 24.5 Å². The number of amides is 2. The van der Waals surface area contributed by atoms with Crippen LogP contribution in [0, 0.1) is 11.8 Å². The van der Waals surface area contributed by atoms with Gasteiger partial charge in [0.25, 0.3) is 0 Å². The van der Waals surface area contributed by atoms with Gasteiger partial charge in [0.05, 0.1) is 0 Å². The van der Waals surface area contributed by atoms with Crippen LogP contribution in [-0.4, -0.2) is 24.9 Å². The van der Waals surface area contributed by atoms with E-state index in [1.54, 1.807) is 0 Å². The molecule has 0 heterocycles. The maximum absolute atomic E-state index is 12.0. The molecule has 2 amide bonds. The second-order valence-corrected chi connectivity index (χ2v) is 6.19. The number of hydrogen-bond donors (Lipinski definition) is 2. The van der Waals surface area contributed by atoms with Gasteiger partial charge in [0.15, 0.2) is 0 Å². The maximum Gasteiger partial charge on any atom is 0.223 e. The van der Waals surface area contributed by atoms with Crippen molar-refractivity contribution in [2.24, 2.45) is 11.8 Å². The molecule has 0 spiro atoms. The van der Waals surface area contributed by atoms with Crippen molar-refractivity contribution < 1.29 is 9.59 Å². The molecular formula is C17H32N2O2. The third kappa shape index (κ3) is 6.96. The number of carbonyl (C=O) groups excluding carboxylic acids is 2. The first-order chi connectivity index (χ1) is 10.2. The molecule has 1 aliphatic carbocycles. The smallest absolute Gasteiger partial charge is 0.223 e. The standard InChI is InChI=1S/C17H32N2O2/c1-3-5-7-13-19-17(21)15-10-8-14(9-11-15)16(20)18-12-6-4-2/h14-15H,3-13H2,1-2H3,(H,18,20)(H,19,21). The quantitative estimate of drug-likeness (QED) is 0.643. The van der Waals surface area contributed by atoms with Crippen LogP contribution < -0.4 is 10.6 Å². The second-order valence-electron chi connectivity index (χ2n) is 6.19. The van der Waals surface area contributed by atoms with Crippen molar-refractivity contribution in [3.63, 3.8) is 0 Å². The molecule has 0 radical (unpaired) electrons. The van der Waals surface area contributed by atoms with Crippen molar-refractivity contribution in [3.05, 3.63) is 0 Å². The van der Waals surface area contributed by atoms with E-state index in [0.717, 1.165) is 58.0 Å². The first-order valence-electron chi connectivity index (χ1n) is 8.74. The Morgan fingerprint density at radius 3 is 1.62 bits per heavy atom. The first kappa shape index (κ1) is 18.0. The minimum absolute atomic E-state index is 0.117. The Morgan fingerprint density at radius 2 is 1.19 bits per heavy atom. The van der Waals surface area contributed by atoms with Crippen LogP contribution in [0.5, 0.6) is 0 Å². The number of rotatable bonds is 9. The van der Waals surface area contributed by atoms with Crippen molar-refractivity contribution in [3.8, 4) is 0 Å². The fourth-order valence-electron chi connectivity index (χ4n) is 2.88. The molecule has 0 aromatic heterocycles. The molecule has 1 aliphatic rings. The summed E-state index contributed by atoms with van der Waals surface area (Å²) < 4.78 is 0. The van der Waals surface area contributed by atoms with E-state index < -0.39 is 0 Å². The Bertz CT molecular complexity index is 310. The molecule has 1 saturated carbocycles. The number of nitrogens with one attached hydrogen (secondary N) is 2. The second kappa shape index (κ2) is 10.6. The topological polar surface area (TPSA) is 58.2 Å². The zero-order valence-electron chi connectivity index (χ0n) is 13.7. The lowest BCUT2D eigenvalue weighted by Gasteiger charge is -2.27. The van der Waals surface area contributed by atoms with E-state index in [9.17, 15) is 9.59 Å². The third-order valence-corrected chi connectivity index (χ3v) is 4.38. The average Bonchev–Trinajstić information content (AvgIpc) is 2.51. The van der Waals surface area contributed by atoms with Gasteiger partial charge in [-0.05, 0) is 38.5 Å². The van der Waals surface area contributed by atoms with Gasteiger partial charge in [-0.3, -0.25) is 9.59 Å². The van der Waals surface area contributed by atoms with Crippen molar-refractivity contribution in [2.45, 2.75) is 71.6 Å². The van der Waals surface area contributed by atoms with E-state index in [1.165, 1.54) is 12.8 Å². The van der Waals surface area contributed by atoms with Crippen molar-refractivity contribution >= 4 is 11.8 Å². The Hall–Kier alpha value is -1.06. The Kier molecular flexibility index (Phi) is 9.11. The molecular weight excluding hydrogens is 264 g/mol. The zero-order valence-corrected chi connectivity index (χ0v) is 13.7. The molecule has 122 valence electrons. The highest BCUT2D eigenvalue weighted by Gasteiger charge is 2.29. The van der Waals surface area contributed by atoms with Crippen molar-refractivity contribution in [1.29, 1.82) is 0 Å². The van der Waals surface area contributed by atoms with E-state index in [4.69, 9.17) is 0 Å². The van der Waals surface area contributed by atoms with Crippen LogP contribution in [-0.2, 0) is 9.59 Å². The van der Waals surface area contributed by atoms with Gasteiger partial charge in [0.1, 0.15) is 0 Å². The summed E-state index contributed by atoms with van der Waals surface area (Å²) in [6.07, 6.45) is 8.97. The molecule has 0 bridgehead atoms. The summed E-state index contributed by atoms with van der Waals surface area (Å²) in [4.78, 5) is 24.0. The highest BCUT2D eigenvalue weighted by atomic mass is 16.2. The molecule has 4 heteroatoms. The summed E-state index contributed by atoms with van der Waals surface area (Å²) in [6.45, 7) is 5.86. The molecule has 2 N–H and O–H groups in total. The predicted octanol–water partition coefficient (Wildman–Crippen LogP) is 3.02. The summed E-state index contributed by atoms with van der Waals surface area (Å²) in [6, 6.07) is 0. The molecule has 0 saturated heterocycles. The molecule has 0 atom stereocenters. The van der Waals surface area contributed by atoms with Crippen LogP contribution in [0.15, 0.2) is 0 Å². The van der Waals surface area contributed by atoms with Gasteiger partial charge in [0, 0.05) is 24.9 Å². The van der Waals surface area contributed by atoms with E-state index >= 15 is 0 Å². The summed E-state index contributed by atoms with van der Waals surface area (Å²) in [5.74, 6) is 0.610. The number of carbonyl (C=O) groups is 2. The fraction of sp³-hybridized carbons (Fsp3) is 0.882. The molecule has 1 fully saturated rings. The van der Waals surface area contributed by atoms with Gasteiger partial charge < -0.3 is 10.6 Å². The highest BCUT2D eigenvalue weighted by Crippen LogP contribution is 2.29.